The predicted molar refractivity (Wildman–Crippen MR) is 97.1 cm³/mol. The Morgan fingerprint density at radius 2 is 1.77 bits per heavy atom. The molecule has 0 aliphatic carbocycles. The molecule has 0 fully saturated rings. The average molecular weight is 351 g/mol. The molecule has 0 spiro atoms. The highest BCUT2D eigenvalue weighted by molar-refractivity contribution is 6.42. The monoisotopic (exact) mass is 351 g/mol. The summed E-state index contributed by atoms with van der Waals surface area (Å²) in [6.07, 6.45) is 0. The Bertz CT molecular complexity index is 974. The molecule has 6 heteroatoms. The molecule has 6 nitrogen and oxygen atoms in total. The fraction of sp³-hybridized carbons (Fsp3) is 0.150. The molecule has 2 amide bonds. The summed E-state index contributed by atoms with van der Waals surface area (Å²) in [7, 11) is 1.50. The highest BCUT2D eigenvalue weighted by atomic mass is 16.5. The molecule has 2 aromatic rings. The highest BCUT2D eigenvalue weighted by Crippen LogP contribution is 2.41. The Balaban J connectivity index is 2.27. The molecule has 1 heterocycles. The van der Waals surface area contributed by atoms with Crippen LogP contribution in [-0.2, 0) is 9.59 Å². The summed E-state index contributed by atoms with van der Waals surface area (Å²) in [6, 6.07) is 11.2. The number of benzene rings is 2. The minimum atomic E-state index is -0.631. The fourth-order valence-electron chi connectivity index (χ4n) is 2.94. The Kier molecular flexibility index (Phi) is 4.34. The fourth-order valence-corrected chi connectivity index (χ4v) is 2.94. The lowest BCUT2D eigenvalue weighted by Crippen LogP contribution is -2.31. The van der Waals surface area contributed by atoms with Crippen molar-refractivity contribution >= 4 is 34.6 Å². The van der Waals surface area contributed by atoms with Crippen molar-refractivity contribution in [2.24, 2.45) is 0 Å². The zero-order chi connectivity index (χ0) is 19.0. The largest absolute Gasteiger partial charge is 0.506 e. The number of carbonyl (C=O) groups is 3. The van der Waals surface area contributed by atoms with Gasteiger partial charge in [-0.1, -0.05) is 12.1 Å². The number of nitrogens with zero attached hydrogens (tertiary/aromatic N) is 1. The van der Waals surface area contributed by atoms with Gasteiger partial charge in [0.15, 0.2) is 5.78 Å². The normalized spacial score (nSPS) is 14.9. The first-order valence-corrected chi connectivity index (χ1v) is 7.93. The molecular weight excluding hydrogens is 334 g/mol. The molecule has 26 heavy (non-hydrogen) atoms. The molecule has 1 aliphatic rings. The molecule has 0 saturated carbocycles. The first kappa shape index (κ1) is 17.4. The van der Waals surface area contributed by atoms with Crippen LogP contribution >= 0.6 is 0 Å². The third-order valence-corrected chi connectivity index (χ3v) is 4.23. The predicted octanol–water partition coefficient (Wildman–Crippen LogP) is 3.22. The van der Waals surface area contributed by atoms with Crippen molar-refractivity contribution in [2.45, 2.75) is 13.8 Å². The number of ketones is 1. The summed E-state index contributed by atoms with van der Waals surface area (Å²) in [5, 5.41) is 10.8. The van der Waals surface area contributed by atoms with Gasteiger partial charge in [0.2, 0.25) is 5.91 Å². The molecule has 132 valence electrons. The van der Waals surface area contributed by atoms with Crippen LogP contribution in [0.1, 0.15) is 35.3 Å². The lowest BCUT2D eigenvalue weighted by atomic mass is 9.99. The van der Waals surface area contributed by atoms with Crippen LogP contribution in [0.2, 0.25) is 0 Å². The van der Waals surface area contributed by atoms with Gasteiger partial charge < -0.3 is 9.84 Å². The molecule has 0 saturated heterocycles. The van der Waals surface area contributed by atoms with Crippen LogP contribution in [0.4, 0.5) is 5.69 Å². The molecule has 0 bridgehead atoms. The van der Waals surface area contributed by atoms with E-state index in [9.17, 15) is 19.5 Å². The van der Waals surface area contributed by atoms with Crippen LogP contribution in [0.5, 0.6) is 5.75 Å². The molecule has 1 N–H and O–H groups in total. The van der Waals surface area contributed by atoms with E-state index in [1.165, 1.54) is 33.1 Å². The van der Waals surface area contributed by atoms with Crippen molar-refractivity contribution in [3.05, 3.63) is 59.2 Å². The topological polar surface area (TPSA) is 83.9 Å². The van der Waals surface area contributed by atoms with Gasteiger partial charge in [-0.25, -0.2) is 4.90 Å². The number of anilines is 1. The summed E-state index contributed by atoms with van der Waals surface area (Å²) in [4.78, 5) is 37.5. The summed E-state index contributed by atoms with van der Waals surface area (Å²) < 4.78 is 5.15. The standard InChI is InChI=1S/C20H17NO5/c1-11(22)13-7-8-17-16(10-13)18(20(25)21(17)12(2)23)19(24)14-5-4-6-15(9-14)26-3/h4-10,24H,1-3H3. The zero-order valence-electron chi connectivity index (χ0n) is 14.6. The Morgan fingerprint density at radius 3 is 2.38 bits per heavy atom. The molecule has 1 aliphatic heterocycles. The number of rotatable bonds is 3. The molecule has 3 rings (SSSR count). The number of carbonyl (C=O) groups excluding carboxylic acids is 3. The minimum Gasteiger partial charge on any atom is -0.506 e. The van der Waals surface area contributed by atoms with E-state index in [-0.39, 0.29) is 17.1 Å². The number of Topliss-reactive ketones (excluding diaryl/α,β-unsaturated/α-hetero) is 1. The van der Waals surface area contributed by atoms with Crippen LogP contribution in [-0.4, -0.2) is 29.8 Å². The second-order valence-corrected chi connectivity index (χ2v) is 5.90. The van der Waals surface area contributed by atoms with Gasteiger partial charge in [-0.2, -0.15) is 0 Å². The van der Waals surface area contributed by atoms with Gasteiger partial charge in [-0.15, -0.1) is 0 Å². The van der Waals surface area contributed by atoms with Gasteiger partial charge in [0.05, 0.1) is 18.4 Å². The molecule has 0 unspecified atom stereocenters. The van der Waals surface area contributed by atoms with E-state index >= 15 is 0 Å². The number of fused-ring (bicyclic) bond motifs is 1. The van der Waals surface area contributed by atoms with Gasteiger partial charge in [-0.3, -0.25) is 14.4 Å². The first-order chi connectivity index (χ1) is 12.3. The van der Waals surface area contributed by atoms with Crippen LogP contribution in [0.25, 0.3) is 11.3 Å². The van der Waals surface area contributed by atoms with Crippen LogP contribution in [0.3, 0.4) is 0 Å². The van der Waals surface area contributed by atoms with Gasteiger partial charge in [-0.05, 0) is 37.3 Å². The molecular formula is C20H17NO5. The van der Waals surface area contributed by atoms with E-state index in [1.54, 1.807) is 30.3 Å². The summed E-state index contributed by atoms with van der Waals surface area (Å²) in [6.45, 7) is 2.68. The molecule has 0 radical (unpaired) electrons. The Hall–Kier alpha value is -3.41. The van der Waals surface area contributed by atoms with Gasteiger partial charge >= 0.3 is 0 Å². The van der Waals surface area contributed by atoms with E-state index in [2.05, 4.69) is 0 Å². The average Bonchev–Trinajstić information content (AvgIpc) is 2.92. The number of aliphatic hydroxyl groups is 1. The van der Waals surface area contributed by atoms with Crippen molar-refractivity contribution in [1.29, 1.82) is 0 Å². The van der Waals surface area contributed by atoms with E-state index in [4.69, 9.17) is 4.74 Å². The smallest absolute Gasteiger partial charge is 0.269 e. The van der Waals surface area contributed by atoms with Crippen molar-refractivity contribution in [1.82, 2.24) is 0 Å². The quantitative estimate of drug-likeness (QED) is 0.521. The number of amides is 2. The maximum absolute atomic E-state index is 12.8. The number of methoxy groups -OCH3 is 1. The van der Waals surface area contributed by atoms with Crippen molar-refractivity contribution in [3.63, 3.8) is 0 Å². The van der Waals surface area contributed by atoms with E-state index < -0.39 is 11.8 Å². The number of hydrogen-bond acceptors (Lipinski definition) is 5. The maximum Gasteiger partial charge on any atom is 0.269 e. The number of ether oxygens (including phenoxy) is 1. The molecule has 0 atom stereocenters. The second kappa shape index (κ2) is 6.48. The third kappa shape index (κ3) is 2.75. The number of imide groups is 1. The molecule has 0 aromatic heterocycles. The number of hydrogen-bond donors (Lipinski definition) is 1. The Labute approximate surface area is 150 Å². The van der Waals surface area contributed by atoms with Gasteiger partial charge in [0, 0.05) is 23.6 Å². The summed E-state index contributed by atoms with van der Waals surface area (Å²) in [5.41, 5.74) is 1.43. The van der Waals surface area contributed by atoms with Crippen molar-refractivity contribution in [3.8, 4) is 5.75 Å². The highest BCUT2D eigenvalue weighted by Gasteiger charge is 2.38. The minimum absolute atomic E-state index is 0.0217. The van der Waals surface area contributed by atoms with Gasteiger partial charge in [0.25, 0.3) is 5.91 Å². The van der Waals surface area contributed by atoms with Crippen LogP contribution < -0.4 is 9.64 Å². The second-order valence-electron chi connectivity index (χ2n) is 5.90. The van der Waals surface area contributed by atoms with Crippen LogP contribution in [0.15, 0.2) is 42.5 Å². The van der Waals surface area contributed by atoms with E-state index in [1.807, 2.05) is 0 Å². The first-order valence-electron chi connectivity index (χ1n) is 7.93. The third-order valence-electron chi connectivity index (χ3n) is 4.23. The van der Waals surface area contributed by atoms with Crippen molar-refractivity contribution in [2.75, 3.05) is 12.0 Å². The Morgan fingerprint density at radius 1 is 1.04 bits per heavy atom. The summed E-state index contributed by atoms with van der Waals surface area (Å²) in [5.74, 6) is -1.05. The zero-order valence-corrected chi connectivity index (χ0v) is 14.6. The van der Waals surface area contributed by atoms with Gasteiger partial charge in [0.1, 0.15) is 11.5 Å². The molecule has 2 aromatic carbocycles. The van der Waals surface area contributed by atoms with Crippen molar-refractivity contribution < 1.29 is 24.2 Å². The lowest BCUT2D eigenvalue weighted by Gasteiger charge is -2.12. The summed E-state index contributed by atoms with van der Waals surface area (Å²) >= 11 is 0. The van der Waals surface area contributed by atoms with E-state index in [0.717, 1.165) is 4.90 Å². The van der Waals surface area contributed by atoms with E-state index in [0.29, 0.717) is 28.1 Å². The maximum atomic E-state index is 12.8. The lowest BCUT2D eigenvalue weighted by molar-refractivity contribution is -0.122. The SMILES string of the molecule is COc1cccc(C(O)=C2C(=O)N(C(C)=O)c3ccc(C(C)=O)cc32)c1. The van der Waals surface area contributed by atoms with Crippen LogP contribution in [0, 0.1) is 0 Å². The number of aliphatic hydroxyl groups excluding tert-OH is 1.